The van der Waals surface area contributed by atoms with Crippen LogP contribution in [-0.4, -0.2) is 12.5 Å². The average molecular weight is 369 g/mol. The summed E-state index contributed by atoms with van der Waals surface area (Å²) in [7, 11) is 0. The normalized spacial score (nSPS) is 13.4. The quantitative estimate of drug-likeness (QED) is 0.676. The lowest BCUT2D eigenvalue weighted by molar-refractivity contribution is -0.105. The van der Waals surface area contributed by atoms with Gasteiger partial charge in [-0.2, -0.15) is 0 Å². The van der Waals surface area contributed by atoms with Crippen molar-refractivity contribution in [3.05, 3.63) is 63.4 Å². The Labute approximate surface area is 151 Å². The summed E-state index contributed by atoms with van der Waals surface area (Å²) < 4.78 is 13.3. The Hall–Kier alpha value is -1.62. The van der Waals surface area contributed by atoms with Crippen LogP contribution in [0, 0.1) is 5.82 Å². The minimum Gasteiger partial charge on any atom is -0.328 e. The van der Waals surface area contributed by atoms with Gasteiger partial charge >= 0.3 is 0 Å². The lowest BCUT2D eigenvalue weighted by atomic mass is 9.94. The molecule has 2 atom stereocenters. The Morgan fingerprint density at radius 1 is 1.17 bits per heavy atom. The van der Waals surface area contributed by atoms with E-state index in [-0.39, 0.29) is 17.0 Å². The van der Waals surface area contributed by atoms with E-state index >= 15 is 0 Å². The van der Waals surface area contributed by atoms with E-state index in [9.17, 15) is 9.18 Å². The van der Waals surface area contributed by atoms with Crippen molar-refractivity contribution in [1.29, 1.82) is 0 Å². The van der Waals surface area contributed by atoms with Crippen molar-refractivity contribution in [2.24, 2.45) is 0 Å². The van der Waals surface area contributed by atoms with Gasteiger partial charge in [-0.05, 0) is 48.2 Å². The van der Waals surface area contributed by atoms with Crippen molar-refractivity contribution < 1.29 is 9.18 Å². The lowest BCUT2D eigenvalue weighted by Gasteiger charge is -2.23. The molecule has 0 saturated carbocycles. The van der Waals surface area contributed by atoms with Crippen LogP contribution in [0.1, 0.15) is 30.9 Å². The van der Waals surface area contributed by atoms with Crippen LogP contribution in [0.25, 0.3) is 0 Å². The van der Waals surface area contributed by atoms with Crippen LogP contribution in [0.2, 0.25) is 10.0 Å². The fraction of sp³-hybridized carbons (Fsp3) is 0.278. The molecule has 0 fully saturated rings. The van der Waals surface area contributed by atoms with Crippen molar-refractivity contribution in [3.63, 3.8) is 0 Å². The molecule has 3 nitrogen and oxygen atoms in total. The molecule has 0 aliphatic rings. The molecular weight excluding hydrogens is 350 g/mol. The van der Waals surface area contributed by atoms with Gasteiger partial charge in [0.25, 0.3) is 0 Å². The maximum absolute atomic E-state index is 13.3. The van der Waals surface area contributed by atoms with Gasteiger partial charge in [-0.25, -0.2) is 4.39 Å². The van der Waals surface area contributed by atoms with Crippen LogP contribution in [0.15, 0.2) is 36.4 Å². The standard InChI is InChI=1S/C18H19Cl2FN2O/c1-11(13-4-6-17(21)16(20)7-13)12(2)22-9-14-3-5-15(19)8-18(14)23-10-24/h3-8,10-12,22H,9H2,1-2H3,(H,23,24)/t11?,12-/m0/s1. The number of hydrogen-bond acceptors (Lipinski definition) is 2. The first kappa shape index (κ1) is 18.7. The maximum atomic E-state index is 13.3. The first-order valence-corrected chi connectivity index (χ1v) is 8.35. The van der Waals surface area contributed by atoms with E-state index in [2.05, 4.69) is 10.6 Å². The molecule has 0 radical (unpaired) electrons. The van der Waals surface area contributed by atoms with Crippen molar-refractivity contribution in [2.75, 3.05) is 5.32 Å². The number of nitrogens with one attached hydrogen (secondary N) is 2. The van der Waals surface area contributed by atoms with Crippen LogP contribution in [-0.2, 0) is 11.3 Å². The van der Waals surface area contributed by atoms with Crippen molar-refractivity contribution in [2.45, 2.75) is 32.4 Å². The Morgan fingerprint density at radius 2 is 1.92 bits per heavy atom. The number of carbonyl (C=O) groups is 1. The largest absolute Gasteiger partial charge is 0.328 e. The van der Waals surface area contributed by atoms with Gasteiger partial charge in [-0.1, -0.05) is 42.3 Å². The zero-order chi connectivity index (χ0) is 17.7. The predicted octanol–water partition coefficient (Wildman–Crippen LogP) is 4.98. The fourth-order valence-electron chi connectivity index (χ4n) is 2.43. The van der Waals surface area contributed by atoms with Gasteiger partial charge in [0.05, 0.1) is 5.02 Å². The lowest BCUT2D eigenvalue weighted by Crippen LogP contribution is -2.30. The molecule has 0 saturated heterocycles. The Kier molecular flexibility index (Phi) is 6.60. The minimum atomic E-state index is -0.418. The second-order valence-corrected chi connectivity index (χ2v) is 6.54. The third-order valence-electron chi connectivity index (χ3n) is 4.12. The Morgan fingerprint density at radius 3 is 2.58 bits per heavy atom. The highest BCUT2D eigenvalue weighted by atomic mass is 35.5. The third kappa shape index (κ3) is 4.69. The predicted molar refractivity (Wildman–Crippen MR) is 97.3 cm³/mol. The first-order chi connectivity index (χ1) is 11.4. The summed E-state index contributed by atoms with van der Waals surface area (Å²) in [5.74, 6) is -0.281. The molecule has 0 aliphatic heterocycles. The number of hydrogen-bond donors (Lipinski definition) is 2. The van der Waals surface area contributed by atoms with Crippen LogP contribution in [0.4, 0.5) is 10.1 Å². The Bertz CT molecular complexity index is 724. The first-order valence-electron chi connectivity index (χ1n) is 7.59. The second-order valence-electron chi connectivity index (χ2n) is 5.70. The summed E-state index contributed by atoms with van der Waals surface area (Å²) in [6, 6.07) is 10.3. The van der Waals surface area contributed by atoms with Crippen molar-refractivity contribution >= 4 is 35.3 Å². The second kappa shape index (κ2) is 8.47. The highest BCUT2D eigenvalue weighted by Crippen LogP contribution is 2.25. The zero-order valence-corrected chi connectivity index (χ0v) is 15.0. The molecule has 0 heterocycles. The van der Waals surface area contributed by atoms with E-state index in [0.29, 0.717) is 23.7 Å². The SMILES string of the molecule is CC(c1ccc(F)c(Cl)c1)[C@H](C)NCc1ccc(Cl)cc1NC=O. The number of benzene rings is 2. The van der Waals surface area contributed by atoms with Crippen molar-refractivity contribution in [3.8, 4) is 0 Å². The summed E-state index contributed by atoms with van der Waals surface area (Å²) in [4.78, 5) is 10.7. The molecule has 2 N–H and O–H groups in total. The van der Waals surface area contributed by atoms with Gasteiger partial charge in [-0.15, -0.1) is 0 Å². The summed E-state index contributed by atoms with van der Waals surface area (Å²) >= 11 is 11.8. The fourth-order valence-corrected chi connectivity index (χ4v) is 2.79. The molecule has 0 spiro atoms. The minimum absolute atomic E-state index is 0.117. The smallest absolute Gasteiger partial charge is 0.211 e. The van der Waals surface area contributed by atoms with Gasteiger partial charge in [0.1, 0.15) is 5.82 Å². The monoisotopic (exact) mass is 368 g/mol. The summed E-state index contributed by atoms with van der Waals surface area (Å²) in [6.07, 6.45) is 0.627. The van der Waals surface area contributed by atoms with Crippen molar-refractivity contribution in [1.82, 2.24) is 5.32 Å². The van der Waals surface area contributed by atoms with Gasteiger partial charge in [0, 0.05) is 23.3 Å². The number of carbonyl (C=O) groups excluding carboxylic acids is 1. The highest BCUT2D eigenvalue weighted by molar-refractivity contribution is 6.31. The molecule has 0 aliphatic carbocycles. The van der Waals surface area contributed by atoms with Gasteiger partial charge in [0.2, 0.25) is 6.41 Å². The summed E-state index contributed by atoms with van der Waals surface area (Å²) in [5, 5.41) is 6.75. The van der Waals surface area contributed by atoms with E-state index in [0.717, 1.165) is 11.1 Å². The van der Waals surface area contributed by atoms with Crippen LogP contribution in [0.3, 0.4) is 0 Å². The van der Waals surface area contributed by atoms with E-state index in [4.69, 9.17) is 23.2 Å². The number of halogens is 3. The van der Waals surface area contributed by atoms with Gasteiger partial charge in [0.15, 0.2) is 0 Å². The van der Waals surface area contributed by atoms with Crippen LogP contribution < -0.4 is 10.6 Å². The van der Waals surface area contributed by atoms with Crippen LogP contribution in [0.5, 0.6) is 0 Å². The topological polar surface area (TPSA) is 41.1 Å². The molecule has 128 valence electrons. The third-order valence-corrected chi connectivity index (χ3v) is 4.65. The van der Waals surface area contributed by atoms with Gasteiger partial charge < -0.3 is 10.6 Å². The van der Waals surface area contributed by atoms with E-state index in [1.54, 1.807) is 24.3 Å². The van der Waals surface area contributed by atoms with E-state index in [1.165, 1.54) is 6.07 Å². The molecule has 2 aromatic carbocycles. The highest BCUT2D eigenvalue weighted by Gasteiger charge is 2.16. The summed E-state index contributed by atoms with van der Waals surface area (Å²) in [6.45, 7) is 4.66. The maximum Gasteiger partial charge on any atom is 0.211 e. The molecule has 1 amide bonds. The molecule has 24 heavy (non-hydrogen) atoms. The average Bonchev–Trinajstić information content (AvgIpc) is 2.56. The van der Waals surface area contributed by atoms with Crippen LogP contribution >= 0.6 is 23.2 Å². The molecule has 2 rings (SSSR count). The molecule has 2 aromatic rings. The summed E-state index contributed by atoms with van der Waals surface area (Å²) in [5.41, 5.74) is 2.57. The van der Waals surface area contributed by atoms with E-state index < -0.39 is 5.82 Å². The van der Waals surface area contributed by atoms with Gasteiger partial charge in [-0.3, -0.25) is 4.79 Å². The Balaban J connectivity index is 2.05. The molecule has 6 heteroatoms. The van der Waals surface area contributed by atoms with E-state index in [1.807, 2.05) is 19.9 Å². The molecule has 0 aromatic heterocycles. The number of rotatable bonds is 7. The molecule has 1 unspecified atom stereocenters. The molecular formula is C18H19Cl2FN2O. The zero-order valence-electron chi connectivity index (χ0n) is 13.4. The molecule has 0 bridgehead atoms. The number of anilines is 1. The number of amides is 1.